The van der Waals surface area contributed by atoms with Crippen molar-refractivity contribution in [1.29, 1.82) is 0 Å². The van der Waals surface area contributed by atoms with Crippen LogP contribution in [0, 0.1) is 0 Å². The van der Waals surface area contributed by atoms with Crippen molar-refractivity contribution in [3.05, 3.63) is 64.6 Å². The van der Waals surface area contributed by atoms with E-state index in [9.17, 15) is 14.7 Å². The smallest absolute Gasteiger partial charge is 0.331 e. The number of aliphatic carboxylic acids is 1. The second-order valence-electron chi connectivity index (χ2n) is 7.17. The van der Waals surface area contributed by atoms with Crippen LogP contribution in [0.5, 0.6) is 11.5 Å². The molecule has 1 fully saturated rings. The quantitative estimate of drug-likeness (QED) is 0.287. The highest BCUT2D eigenvalue weighted by Crippen LogP contribution is 2.39. The number of hydrogen-bond donors (Lipinski definition) is 1. The first kappa shape index (κ1) is 23.8. The van der Waals surface area contributed by atoms with Crippen LogP contribution in [-0.4, -0.2) is 39.9 Å². The van der Waals surface area contributed by atoms with E-state index >= 15 is 0 Å². The number of thioether (sulfide) groups is 1. The molecule has 0 aliphatic carbocycles. The van der Waals surface area contributed by atoms with Gasteiger partial charge in [-0.15, -0.1) is 0 Å². The van der Waals surface area contributed by atoms with E-state index in [2.05, 4.69) is 6.92 Å². The van der Waals surface area contributed by atoms with E-state index in [-0.39, 0.29) is 4.32 Å². The third-order valence-corrected chi connectivity index (χ3v) is 6.25. The fraction of sp³-hybridized carbons (Fsp3) is 0.292. The van der Waals surface area contributed by atoms with Gasteiger partial charge >= 0.3 is 5.97 Å². The number of amides is 1. The van der Waals surface area contributed by atoms with Crippen LogP contribution >= 0.6 is 24.0 Å². The number of methoxy groups -OCH3 is 1. The second-order valence-corrected chi connectivity index (χ2v) is 8.84. The largest absolute Gasteiger partial charge is 0.493 e. The number of hydrogen-bond acceptors (Lipinski definition) is 6. The molecule has 6 nitrogen and oxygen atoms in total. The topological polar surface area (TPSA) is 76.1 Å². The highest BCUT2D eigenvalue weighted by atomic mass is 32.2. The van der Waals surface area contributed by atoms with E-state index in [1.165, 1.54) is 0 Å². The predicted octanol–water partition coefficient (Wildman–Crippen LogP) is 5.29. The van der Waals surface area contributed by atoms with Crippen molar-refractivity contribution in [1.82, 2.24) is 4.90 Å². The molecule has 1 aliphatic heterocycles. The Hall–Kier alpha value is -2.84. The van der Waals surface area contributed by atoms with Crippen molar-refractivity contribution in [3.8, 4) is 11.5 Å². The fourth-order valence-electron chi connectivity index (χ4n) is 3.32. The molecule has 0 bridgehead atoms. The number of ether oxygens (including phenoxy) is 2. The van der Waals surface area contributed by atoms with Gasteiger partial charge in [-0.3, -0.25) is 9.69 Å². The molecule has 1 aliphatic rings. The molecule has 2 aromatic carbocycles. The van der Waals surface area contributed by atoms with E-state index in [1.807, 2.05) is 6.07 Å². The van der Waals surface area contributed by atoms with E-state index in [1.54, 1.807) is 55.7 Å². The standard InChI is InChI=1S/C24H25NO5S2/c1-3-4-8-13-30-18-12-11-16(14-19(18)29-2)15-20-22(26)25(24(31)32-20)21(23(27)28)17-9-6-5-7-10-17/h5-7,9-12,14-15,21H,3-4,8,13H2,1-2H3,(H,27,28)/b20-15-. The molecule has 1 N–H and O–H groups in total. The summed E-state index contributed by atoms with van der Waals surface area (Å²) >= 11 is 6.45. The van der Waals surface area contributed by atoms with Crippen molar-refractivity contribution in [2.24, 2.45) is 0 Å². The van der Waals surface area contributed by atoms with Gasteiger partial charge in [-0.2, -0.15) is 0 Å². The van der Waals surface area contributed by atoms with Gasteiger partial charge in [0.2, 0.25) is 0 Å². The number of thiocarbonyl (C=S) groups is 1. The summed E-state index contributed by atoms with van der Waals surface area (Å²) in [6.45, 7) is 2.74. The summed E-state index contributed by atoms with van der Waals surface area (Å²) in [5.74, 6) is -0.364. The number of nitrogens with zero attached hydrogens (tertiary/aromatic N) is 1. The lowest BCUT2D eigenvalue weighted by atomic mass is 10.1. The van der Waals surface area contributed by atoms with Crippen LogP contribution in [0.15, 0.2) is 53.4 Å². The maximum absolute atomic E-state index is 13.1. The first-order valence-electron chi connectivity index (χ1n) is 10.3. The van der Waals surface area contributed by atoms with Crippen LogP contribution in [-0.2, 0) is 9.59 Å². The summed E-state index contributed by atoms with van der Waals surface area (Å²) in [4.78, 5) is 26.6. The average molecular weight is 472 g/mol. The first-order chi connectivity index (χ1) is 15.5. The minimum absolute atomic E-state index is 0.209. The zero-order valence-corrected chi connectivity index (χ0v) is 19.6. The van der Waals surface area contributed by atoms with Crippen LogP contribution in [0.25, 0.3) is 6.08 Å². The molecule has 1 atom stereocenters. The summed E-state index contributed by atoms with van der Waals surface area (Å²) < 4.78 is 11.5. The molecular formula is C24H25NO5S2. The second kappa shape index (κ2) is 11.2. The molecule has 3 rings (SSSR count). The highest BCUT2D eigenvalue weighted by molar-refractivity contribution is 8.26. The average Bonchev–Trinajstić information content (AvgIpc) is 3.06. The Morgan fingerprint density at radius 2 is 1.94 bits per heavy atom. The van der Waals surface area contributed by atoms with Gasteiger partial charge in [0.1, 0.15) is 4.32 Å². The van der Waals surface area contributed by atoms with Gasteiger partial charge in [-0.25, -0.2) is 4.79 Å². The van der Waals surface area contributed by atoms with Gasteiger partial charge < -0.3 is 14.6 Å². The minimum Gasteiger partial charge on any atom is -0.493 e. The fourth-order valence-corrected chi connectivity index (χ4v) is 4.63. The van der Waals surface area contributed by atoms with Gasteiger partial charge in [0.05, 0.1) is 18.6 Å². The summed E-state index contributed by atoms with van der Waals surface area (Å²) in [6, 6.07) is 12.8. The van der Waals surface area contributed by atoms with Crippen LogP contribution in [0.3, 0.4) is 0 Å². The Morgan fingerprint density at radius 3 is 2.59 bits per heavy atom. The van der Waals surface area contributed by atoms with Crippen LogP contribution in [0.2, 0.25) is 0 Å². The van der Waals surface area contributed by atoms with Gasteiger partial charge in [0, 0.05) is 0 Å². The zero-order chi connectivity index (χ0) is 23.1. The summed E-state index contributed by atoms with van der Waals surface area (Å²) in [5, 5.41) is 9.79. The van der Waals surface area contributed by atoms with Gasteiger partial charge in [0.25, 0.3) is 5.91 Å². The molecule has 0 aromatic heterocycles. The Morgan fingerprint density at radius 1 is 1.19 bits per heavy atom. The SMILES string of the molecule is CCCCCOc1ccc(/C=C2\SC(=S)N(C(C(=O)O)c3ccccc3)C2=O)cc1OC. The molecule has 1 amide bonds. The number of carboxylic acids is 1. The molecule has 1 heterocycles. The summed E-state index contributed by atoms with van der Waals surface area (Å²) in [5.41, 5.74) is 1.22. The molecule has 168 valence electrons. The Balaban J connectivity index is 1.83. The third-order valence-electron chi connectivity index (χ3n) is 4.92. The Bertz CT molecular complexity index is 1020. The lowest BCUT2D eigenvalue weighted by Crippen LogP contribution is -2.37. The maximum Gasteiger partial charge on any atom is 0.331 e. The molecule has 2 aromatic rings. The monoisotopic (exact) mass is 471 g/mol. The van der Waals surface area contributed by atoms with Crippen LogP contribution in [0.4, 0.5) is 0 Å². The van der Waals surface area contributed by atoms with Crippen molar-refractivity contribution in [3.63, 3.8) is 0 Å². The van der Waals surface area contributed by atoms with Crippen molar-refractivity contribution in [2.45, 2.75) is 32.2 Å². The Labute approximate surface area is 197 Å². The number of unbranched alkanes of at least 4 members (excludes halogenated alkanes) is 2. The van der Waals surface area contributed by atoms with E-state index in [4.69, 9.17) is 21.7 Å². The normalized spacial score (nSPS) is 15.8. The number of benzene rings is 2. The molecule has 0 saturated carbocycles. The molecule has 0 spiro atoms. The molecule has 1 saturated heterocycles. The number of carboxylic acid groups (broad SMARTS) is 1. The predicted molar refractivity (Wildman–Crippen MR) is 130 cm³/mol. The maximum atomic E-state index is 13.1. The van der Waals surface area contributed by atoms with Crippen molar-refractivity contribution in [2.75, 3.05) is 13.7 Å². The minimum atomic E-state index is -1.18. The molecular weight excluding hydrogens is 446 g/mol. The van der Waals surface area contributed by atoms with Gasteiger partial charge in [0.15, 0.2) is 17.5 Å². The highest BCUT2D eigenvalue weighted by Gasteiger charge is 2.41. The number of carbonyl (C=O) groups excluding carboxylic acids is 1. The van der Waals surface area contributed by atoms with Crippen molar-refractivity contribution < 1.29 is 24.2 Å². The zero-order valence-electron chi connectivity index (χ0n) is 17.9. The number of carbonyl (C=O) groups is 2. The summed E-state index contributed by atoms with van der Waals surface area (Å²) in [6.07, 6.45) is 4.87. The Kier molecular flexibility index (Phi) is 8.30. The lowest BCUT2D eigenvalue weighted by molar-refractivity contribution is -0.145. The van der Waals surface area contributed by atoms with E-state index < -0.39 is 17.9 Å². The van der Waals surface area contributed by atoms with E-state index in [0.29, 0.717) is 28.6 Å². The van der Waals surface area contributed by atoms with Crippen molar-refractivity contribution >= 4 is 46.3 Å². The number of rotatable bonds is 10. The lowest BCUT2D eigenvalue weighted by Gasteiger charge is -2.23. The van der Waals surface area contributed by atoms with Crippen LogP contribution < -0.4 is 9.47 Å². The molecule has 8 heteroatoms. The van der Waals surface area contributed by atoms with E-state index in [0.717, 1.165) is 41.5 Å². The van der Waals surface area contributed by atoms with Gasteiger partial charge in [-0.05, 0) is 35.8 Å². The summed E-state index contributed by atoms with van der Waals surface area (Å²) in [7, 11) is 1.56. The molecule has 32 heavy (non-hydrogen) atoms. The van der Waals surface area contributed by atoms with Crippen LogP contribution in [0.1, 0.15) is 43.4 Å². The first-order valence-corrected chi connectivity index (χ1v) is 11.5. The third kappa shape index (κ3) is 5.49. The van der Waals surface area contributed by atoms with Gasteiger partial charge in [-0.1, -0.05) is 80.1 Å². The molecule has 1 unspecified atom stereocenters. The molecule has 0 radical (unpaired) electrons.